The Morgan fingerprint density at radius 1 is 1.47 bits per heavy atom. The van der Waals surface area contributed by atoms with Crippen molar-refractivity contribution in [3.05, 3.63) is 46.5 Å². The van der Waals surface area contributed by atoms with E-state index in [1.54, 1.807) is 6.20 Å². The van der Waals surface area contributed by atoms with Gasteiger partial charge in [0.15, 0.2) is 0 Å². The van der Waals surface area contributed by atoms with Crippen molar-refractivity contribution in [2.75, 3.05) is 0 Å². The van der Waals surface area contributed by atoms with Crippen molar-refractivity contribution < 1.29 is 0 Å². The smallest absolute Gasteiger partial charge is 0.113 e. The number of aromatic nitrogens is 2. The van der Waals surface area contributed by atoms with Crippen LogP contribution in [-0.2, 0) is 6.42 Å². The van der Waals surface area contributed by atoms with Crippen molar-refractivity contribution in [1.29, 1.82) is 5.26 Å². The van der Waals surface area contributed by atoms with Crippen LogP contribution in [0.15, 0.2) is 35.1 Å². The number of aryl methyl sites for hydroxylation is 1. The first-order valence-electron chi connectivity index (χ1n) is 5.48. The van der Waals surface area contributed by atoms with Gasteiger partial charge in [-0.2, -0.15) is 5.26 Å². The van der Waals surface area contributed by atoms with Gasteiger partial charge in [-0.15, -0.1) is 0 Å². The lowest BCUT2D eigenvalue weighted by molar-refractivity contribution is 0.809. The molecule has 0 aliphatic heterocycles. The second-order valence-corrected chi connectivity index (χ2v) is 4.59. The van der Waals surface area contributed by atoms with Crippen LogP contribution in [0.25, 0.3) is 5.69 Å². The summed E-state index contributed by atoms with van der Waals surface area (Å²) in [6.45, 7) is 2.13. The second-order valence-electron chi connectivity index (χ2n) is 3.74. The molecule has 3 nitrogen and oxygen atoms in total. The third kappa shape index (κ3) is 2.40. The summed E-state index contributed by atoms with van der Waals surface area (Å²) >= 11 is 3.40. The van der Waals surface area contributed by atoms with Crippen LogP contribution in [0.3, 0.4) is 0 Å². The molecule has 4 heteroatoms. The molecule has 0 fully saturated rings. The minimum Gasteiger partial charge on any atom is -0.304 e. The van der Waals surface area contributed by atoms with Gasteiger partial charge in [-0.3, -0.25) is 0 Å². The normalized spacial score (nSPS) is 10.2. The van der Waals surface area contributed by atoms with Gasteiger partial charge >= 0.3 is 0 Å². The minimum atomic E-state index is 0.644. The molecular formula is C13H12BrN3. The highest BCUT2D eigenvalue weighted by Crippen LogP contribution is 2.21. The predicted octanol–water partition coefficient (Wildman–Crippen LogP) is 3.46. The third-order valence-electron chi connectivity index (χ3n) is 2.54. The Balaban J connectivity index is 2.43. The fourth-order valence-corrected chi connectivity index (χ4v) is 2.18. The van der Waals surface area contributed by atoms with E-state index in [0.29, 0.717) is 5.56 Å². The first-order valence-corrected chi connectivity index (χ1v) is 6.27. The lowest BCUT2D eigenvalue weighted by atomic mass is 10.2. The molecule has 0 unspecified atom stereocenters. The molecule has 1 aromatic heterocycles. The van der Waals surface area contributed by atoms with Crippen LogP contribution in [0, 0.1) is 11.3 Å². The van der Waals surface area contributed by atoms with Crippen LogP contribution in [0.4, 0.5) is 0 Å². The number of halogens is 1. The van der Waals surface area contributed by atoms with E-state index in [0.717, 1.165) is 28.8 Å². The Bertz CT molecular complexity index is 566. The Labute approximate surface area is 109 Å². The van der Waals surface area contributed by atoms with Crippen molar-refractivity contribution in [3.8, 4) is 11.8 Å². The summed E-state index contributed by atoms with van der Waals surface area (Å²) < 4.78 is 2.86. The third-order valence-corrected chi connectivity index (χ3v) is 3.20. The number of imidazole rings is 1. The predicted molar refractivity (Wildman–Crippen MR) is 70.0 cm³/mol. The summed E-state index contributed by atoms with van der Waals surface area (Å²) in [7, 11) is 0. The fraction of sp³-hybridized carbons (Fsp3) is 0.231. The summed E-state index contributed by atoms with van der Waals surface area (Å²) in [5.41, 5.74) is 1.67. The van der Waals surface area contributed by atoms with Crippen LogP contribution in [0.1, 0.15) is 24.7 Å². The molecule has 0 saturated heterocycles. The first kappa shape index (κ1) is 11.9. The van der Waals surface area contributed by atoms with Crippen molar-refractivity contribution in [2.45, 2.75) is 19.8 Å². The maximum atomic E-state index is 8.88. The summed E-state index contributed by atoms with van der Waals surface area (Å²) in [6, 6.07) is 7.83. The van der Waals surface area contributed by atoms with E-state index in [9.17, 15) is 0 Å². The summed E-state index contributed by atoms with van der Waals surface area (Å²) in [5, 5.41) is 8.88. The molecule has 86 valence electrons. The summed E-state index contributed by atoms with van der Waals surface area (Å²) in [5.74, 6) is 1.05. The zero-order valence-electron chi connectivity index (χ0n) is 9.52. The highest BCUT2D eigenvalue weighted by atomic mass is 79.9. The number of rotatable bonds is 3. The molecular weight excluding hydrogens is 278 g/mol. The Morgan fingerprint density at radius 3 is 2.94 bits per heavy atom. The molecule has 0 saturated carbocycles. The number of nitriles is 1. The van der Waals surface area contributed by atoms with Crippen molar-refractivity contribution in [1.82, 2.24) is 9.55 Å². The summed E-state index contributed by atoms with van der Waals surface area (Å²) in [6.07, 6.45) is 5.76. The molecule has 0 radical (unpaired) electrons. The Kier molecular flexibility index (Phi) is 3.60. The van der Waals surface area contributed by atoms with Crippen molar-refractivity contribution in [2.24, 2.45) is 0 Å². The van der Waals surface area contributed by atoms with Gasteiger partial charge in [0, 0.05) is 29.0 Å². The molecule has 17 heavy (non-hydrogen) atoms. The van der Waals surface area contributed by atoms with Gasteiger partial charge < -0.3 is 4.57 Å². The van der Waals surface area contributed by atoms with Gasteiger partial charge in [-0.05, 0) is 40.5 Å². The van der Waals surface area contributed by atoms with Crippen LogP contribution in [-0.4, -0.2) is 9.55 Å². The van der Waals surface area contributed by atoms with Gasteiger partial charge in [0.05, 0.1) is 5.56 Å². The summed E-state index contributed by atoms with van der Waals surface area (Å²) in [4.78, 5) is 4.34. The van der Waals surface area contributed by atoms with E-state index in [1.165, 1.54) is 0 Å². The quantitative estimate of drug-likeness (QED) is 0.868. The molecule has 0 aliphatic carbocycles. The maximum Gasteiger partial charge on any atom is 0.113 e. The lowest BCUT2D eigenvalue weighted by Crippen LogP contribution is -2.00. The molecule has 0 atom stereocenters. The van der Waals surface area contributed by atoms with Crippen molar-refractivity contribution in [3.63, 3.8) is 0 Å². The average Bonchev–Trinajstić information content (AvgIpc) is 2.78. The molecule has 1 aromatic carbocycles. The molecule has 0 bridgehead atoms. The zero-order valence-corrected chi connectivity index (χ0v) is 11.1. The molecule has 0 N–H and O–H groups in total. The average molecular weight is 290 g/mol. The van der Waals surface area contributed by atoms with Gasteiger partial charge in [0.2, 0.25) is 0 Å². The zero-order chi connectivity index (χ0) is 12.3. The second kappa shape index (κ2) is 5.15. The van der Waals surface area contributed by atoms with Gasteiger partial charge in [0.25, 0.3) is 0 Å². The molecule has 2 aromatic rings. The first-order chi connectivity index (χ1) is 8.26. The Hall–Kier alpha value is -1.60. The standard InChI is InChI=1S/C13H12BrN3/c1-2-3-13-16-6-7-17(13)11-5-4-10(9-15)12(14)8-11/h4-8H,2-3H2,1H3. The monoisotopic (exact) mass is 289 g/mol. The number of benzene rings is 1. The van der Waals surface area contributed by atoms with Gasteiger partial charge in [0.1, 0.15) is 11.9 Å². The van der Waals surface area contributed by atoms with E-state index in [2.05, 4.69) is 38.5 Å². The minimum absolute atomic E-state index is 0.644. The van der Waals surface area contributed by atoms with E-state index < -0.39 is 0 Å². The van der Waals surface area contributed by atoms with Gasteiger partial charge in [-0.25, -0.2) is 4.98 Å². The van der Waals surface area contributed by atoms with Crippen LogP contribution in [0.5, 0.6) is 0 Å². The topological polar surface area (TPSA) is 41.6 Å². The molecule has 0 aliphatic rings. The molecule has 2 rings (SSSR count). The van der Waals surface area contributed by atoms with E-state index in [1.807, 2.05) is 24.4 Å². The largest absolute Gasteiger partial charge is 0.304 e. The van der Waals surface area contributed by atoms with E-state index >= 15 is 0 Å². The molecule has 1 heterocycles. The van der Waals surface area contributed by atoms with Crippen LogP contribution in [0.2, 0.25) is 0 Å². The van der Waals surface area contributed by atoms with Crippen molar-refractivity contribution >= 4 is 15.9 Å². The van der Waals surface area contributed by atoms with Crippen LogP contribution >= 0.6 is 15.9 Å². The van der Waals surface area contributed by atoms with E-state index in [-0.39, 0.29) is 0 Å². The van der Waals surface area contributed by atoms with E-state index in [4.69, 9.17) is 5.26 Å². The lowest BCUT2D eigenvalue weighted by Gasteiger charge is -2.08. The Morgan fingerprint density at radius 2 is 2.29 bits per heavy atom. The maximum absolute atomic E-state index is 8.88. The number of nitrogens with zero attached hydrogens (tertiary/aromatic N) is 3. The number of hydrogen-bond acceptors (Lipinski definition) is 2. The number of hydrogen-bond donors (Lipinski definition) is 0. The highest BCUT2D eigenvalue weighted by Gasteiger charge is 2.06. The SMILES string of the molecule is CCCc1nccn1-c1ccc(C#N)c(Br)c1. The molecule has 0 amide bonds. The highest BCUT2D eigenvalue weighted by molar-refractivity contribution is 9.10. The fourth-order valence-electron chi connectivity index (χ4n) is 1.72. The van der Waals surface area contributed by atoms with Crippen LogP contribution < -0.4 is 0 Å². The molecule has 0 spiro atoms. The van der Waals surface area contributed by atoms with Gasteiger partial charge in [-0.1, -0.05) is 6.92 Å².